The Bertz CT molecular complexity index is 336. The molecule has 0 aromatic heterocycles. The van der Waals surface area contributed by atoms with E-state index in [0.717, 1.165) is 9.50 Å². The van der Waals surface area contributed by atoms with Crippen molar-refractivity contribution < 1.29 is 4.79 Å². The molecule has 0 unspecified atom stereocenters. The van der Waals surface area contributed by atoms with Gasteiger partial charge < -0.3 is 0 Å². The Morgan fingerprint density at radius 2 is 2.00 bits per heavy atom. The molecule has 0 saturated carbocycles. The SMILES string of the molecule is CC(=O)c1cccc(N(Cl)Cl)c1C. The number of rotatable bonds is 2. The molecule has 0 aliphatic carbocycles. The molecular weight excluding hydrogens is 209 g/mol. The van der Waals surface area contributed by atoms with Crippen molar-refractivity contribution in [3.63, 3.8) is 0 Å². The minimum absolute atomic E-state index is 0.00883. The average molecular weight is 218 g/mol. The van der Waals surface area contributed by atoms with Crippen molar-refractivity contribution in [1.29, 1.82) is 0 Å². The van der Waals surface area contributed by atoms with Gasteiger partial charge in [-0.1, -0.05) is 12.1 Å². The molecule has 2 nitrogen and oxygen atoms in total. The summed E-state index contributed by atoms with van der Waals surface area (Å²) in [5, 5.41) is 0. The molecular formula is C9H9Cl2NO. The topological polar surface area (TPSA) is 20.3 Å². The highest BCUT2D eigenvalue weighted by molar-refractivity contribution is 6.49. The fourth-order valence-electron chi connectivity index (χ4n) is 1.19. The number of carbonyl (C=O) groups excluding carboxylic acids is 1. The van der Waals surface area contributed by atoms with E-state index in [1.54, 1.807) is 18.2 Å². The number of ketones is 1. The zero-order valence-electron chi connectivity index (χ0n) is 7.34. The maximum absolute atomic E-state index is 11.1. The zero-order valence-corrected chi connectivity index (χ0v) is 8.86. The van der Waals surface area contributed by atoms with Crippen molar-refractivity contribution >= 4 is 35.0 Å². The zero-order chi connectivity index (χ0) is 10.0. The molecule has 0 amide bonds. The number of Topliss-reactive ketones (excluding diaryl/α,β-unsaturated/α-hetero) is 1. The van der Waals surface area contributed by atoms with Crippen molar-refractivity contribution in [2.45, 2.75) is 13.8 Å². The lowest BCUT2D eigenvalue weighted by atomic mass is 10.0. The van der Waals surface area contributed by atoms with Crippen LogP contribution in [0, 0.1) is 6.92 Å². The third kappa shape index (κ3) is 2.14. The summed E-state index contributed by atoms with van der Waals surface area (Å²) in [4.78, 5) is 11.1. The number of nitrogens with zero attached hydrogens (tertiary/aromatic N) is 1. The summed E-state index contributed by atoms with van der Waals surface area (Å²) in [6, 6.07) is 5.25. The van der Waals surface area contributed by atoms with Gasteiger partial charge in [0.25, 0.3) is 0 Å². The fourth-order valence-corrected chi connectivity index (χ4v) is 1.55. The summed E-state index contributed by atoms with van der Waals surface area (Å²) in [6.45, 7) is 3.32. The van der Waals surface area contributed by atoms with E-state index in [4.69, 9.17) is 23.6 Å². The van der Waals surface area contributed by atoms with Gasteiger partial charge in [-0.25, -0.2) is 0 Å². The Balaban J connectivity index is 3.26. The third-order valence-electron chi connectivity index (χ3n) is 1.87. The van der Waals surface area contributed by atoms with E-state index in [0.29, 0.717) is 11.3 Å². The van der Waals surface area contributed by atoms with Gasteiger partial charge in [-0.05, 0) is 25.5 Å². The van der Waals surface area contributed by atoms with Crippen LogP contribution >= 0.6 is 23.6 Å². The molecule has 0 radical (unpaired) electrons. The number of hydrogen-bond donors (Lipinski definition) is 0. The van der Waals surface area contributed by atoms with Gasteiger partial charge in [-0.15, -0.1) is 0 Å². The summed E-state index contributed by atoms with van der Waals surface area (Å²) in [5.41, 5.74) is 2.07. The number of halogens is 2. The first kappa shape index (κ1) is 10.4. The van der Waals surface area contributed by atoms with E-state index in [1.807, 2.05) is 6.92 Å². The lowest BCUT2D eigenvalue weighted by Gasteiger charge is -2.11. The largest absolute Gasteiger partial charge is 0.294 e. The summed E-state index contributed by atoms with van der Waals surface area (Å²) < 4.78 is 0.960. The molecule has 0 atom stereocenters. The predicted molar refractivity (Wildman–Crippen MR) is 55.4 cm³/mol. The second kappa shape index (κ2) is 3.99. The number of carbonyl (C=O) groups is 1. The number of anilines is 1. The van der Waals surface area contributed by atoms with Gasteiger partial charge in [0.2, 0.25) is 0 Å². The van der Waals surface area contributed by atoms with Crippen LogP contribution in [0.1, 0.15) is 22.8 Å². The van der Waals surface area contributed by atoms with Gasteiger partial charge in [0.15, 0.2) is 5.78 Å². The third-order valence-corrected chi connectivity index (χ3v) is 2.23. The molecule has 1 aromatic rings. The monoisotopic (exact) mass is 217 g/mol. The summed E-state index contributed by atoms with van der Waals surface area (Å²) in [5.74, 6) is 0.00883. The summed E-state index contributed by atoms with van der Waals surface area (Å²) in [7, 11) is 0. The van der Waals surface area contributed by atoms with Crippen LogP contribution in [0.2, 0.25) is 0 Å². The Hall–Kier alpha value is -0.730. The van der Waals surface area contributed by atoms with E-state index in [1.165, 1.54) is 6.92 Å². The van der Waals surface area contributed by atoms with Gasteiger partial charge in [0.1, 0.15) is 0 Å². The average Bonchev–Trinajstić information content (AvgIpc) is 2.03. The molecule has 70 valence electrons. The van der Waals surface area contributed by atoms with Gasteiger partial charge in [-0.3, -0.25) is 4.79 Å². The van der Waals surface area contributed by atoms with Crippen molar-refractivity contribution in [2.75, 3.05) is 3.94 Å². The van der Waals surface area contributed by atoms with E-state index in [-0.39, 0.29) is 5.78 Å². The van der Waals surface area contributed by atoms with E-state index >= 15 is 0 Å². The highest BCUT2D eigenvalue weighted by Gasteiger charge is 2.10. The lowest BCUT2D eigenvalue weighted by Crippen LogP contribution is -2.01. The molecule has 0 aliphatic heterocycles. The summed E-state index contributed by atoms with van der Waals surface area (Å²) >= 11 is 11.1. The fraction of sp³-hybridized carbons (Fsp3) is 0.222. The first-order valence-corrected chi connectivity index (χ1v) is 4.44. The molecule has 0 N–H and O–H groups in total. The highest BCUT2D eigenvalue weighted by atomic mass is 35.5. The summed E-state index contributed by atoms with van der Waals surface area (Å²) in [6.07, 6.45) is 0. The van der Waals surface area contributed by atoms with E-state index in [9.17, 15) is 4.79 Å². The number of hydrogen-bond acceptors (Lipinski definition) is 2. The van der Waals surface area contributed by atoms with Crippen molar-refractivity contribution in [3.05, 3.63) is 29.3 Å². The maximum atomic E-state index is 11.1. The normalized spacial score (nSPS) is 9.85. The molecule has 1 rings (SSSR count). The smallest absolute Gasteiger partial charge is 0.160 e. The van der Waals surface area contributed by atoms with Gasteiger partial charge in [0, 0.05) is 29.1 Å². The predicted octanol–water partition coefficient (Wildman–Crippen LogP) is 3.31. The Morgan fingerprint density at radius 1 is 1.38 bits per heavy atom. The first-order chi connectivity index (χ1) is 6.04. The quantitative estimate of drug-likeness (QED) is 0.560. The molecule has 1 aromatic carbocycles. The molecule has 0 aliphatic rings. The van der Waals surface area contributed by atoms with Crippen molar-refractivity contribution in [2.24, 2.45) is 0 Å². The molecule has 0 fully saturated rings. The van der Waals surface area contributed by atoms with Gasteiger partial charge >= 0.3 is 0 Å². The molecule has 4 heteroatoms. The van der Waals surface area contributed by atoms with Crippen LogP contribution in [-0.4, -0.2) is 5.78 Å². The van der Waals surface area contributed by atoms with Gasteiger partial charge in [0.05, 0.1) is 5.69 Å². The molecule has 0 spiro atoms. The van der Waals surface area contributed by atoms with Crippen LogP contribution in [0.4, 0.5) is 5.69 Å². The Labute approximate surface area is 87.3 Å². The van der Waals surface area contributed by atoms with Crippen LogP contribution in [0.3, 0.4) is 0 Å². The molecule has 0 bridgehead atoms. The van der Waals surface area contributed by atoms with Crippen LogP contribution in [0.15, 0.2) is 18.2 Å². The molecule has 0 saturated heterocycles. The second-order valence-electron chi connectivity index (χ2n) is 2.74. The minimum atomic E-state index is 0.00883. The first-order valence-electron chi connectivity index (χ1n) is 3.76. The highest BCUT2D eigenvalue weighted by Crippen LogP contribution is 2.26. The number of benzene rings is 1. The van der Waals surface area contributed by atoms with Gasteiger partial charge in [-0.2, -0.15) is 3.94 Å². The lowest BCUT2D eigenvalue weighted by molar-refractivity contribution is 0.101. The maximum Gasteiger partial charge on any atom is 0.160 e. The standard InChI is InChI=1S/C9H9Cl2NO/c1-6-8(7(2)13)4-3-5-9(6)12(10)11/h3-5H,1-2H3. The van der Waals surface area contributed by atoms with Crippen molar-refractivity contribution in [1.82, 2.24) is 0 Å². The van der Waals surface area contributed by atoms with Crippen LogP contribution in [-0.2, 0) is 0 Å². The van der Waals surface area contributed by atoms with Crippen LogP contribution in [0.25, 0.3) is 0 Å². The van der Waals surface area contributed by atoms with E-state index < -0.39 is 0 Å². The Morgan fingerprint density at radius 3 is 2.46 bits per heavy atom. The second-order valence-corrected chi connectivity index (χ2v) is 3.59. The van der Waals surface area contributed by atoms with Crippen molar-refractivity contribution in [3.8, 4) is 0 Å². The van der Waals surface area contributed by atoms with Crippen LogP contribution in [0.5, 0.6) is 0 Å². The van der Waals surface area contributed by atoms with Crippen LogP contribution < -0.4 is 3.94 Å². The molecule has 13 heavy (non-hydrogen) atoms. The Kier molecular flexibility index (Phi) is 3.17. The molecule has 0 heterocycles. The van der Waals surface area contributed by atoms with E-state index in [2.05, 4.69) is 0 Å². The minimum Gasteiger partial charge on any atom is -0.294 e.